The lowest BCUT2D eigenvalue weighted by molar-refractivity contribution is -0.166. The summed E-state index contributed by atoms with van der Waals surface area (Å²) in [4.78, 5) is 0. The molecule has 0 aromatic heterocycles. The summed E-state index contributed by atoms with van der Waals surface area (Å²) in [5, 5.41) is 0.746. The highest BCUT2D eigenvalue weighted by molar-refractivity contribution is 6.32. The second kappa shape index (κ2) is 5.05. The molecule has 0 heterocycles. The lowest BCUT2D eigenvalue weighted by atomic mass is 9.93. The molecule has 0 bridgehead atoms. The first-order chi connectivity index (χ1) is 8.21. The van der Waals surface area contributed by atoms with E-state index in [1.807, 2.05) is 42.5 Å². The van der Waals surface area contributed by atoms with E-state index in [0.717, 1.165) is 16.2 Å². The zero-order valence-corrected chi connectivity index (χ0v) is 10.7. The quantitative estimate of drug-likeness (QED) is 0.762. The highest BCUT2D eigenvalue weighted by Gasteiger charge is 2.30. The Hall–Kier alpha value is -1.09. The predicted octanol–water partition coefficient (Wildman–Crippen LogP) is 3.67. The van der Waals surface area contributed by atoms with Crippen molar-refractivity contribution in [2.75, 3.05) is 14.2 Å². The smallest absolute Gasteiger partial charge is 0.191 e. The number of methoxy groups -OCH3 is 2. The Morgan fingerprint density at radius 2 is 1.88 bits per heavy atom. The van der Waals surface area contributed by atoms with E-state index < -0.39 is 5.79 Å². The van der Waals surface area contributed by atoms with Crippen LogP contribution in [-0.2, 0) is 9.47 Å². The largest absolute Gasteiger partial charge is 0.349 e. The molecule has 1 aromatic rings. The van der Waals surface area contributed by atoms with E-state index in [4.69, 9.17) is 21.1 Å². The molecular formula is C14H15ClO2. The Bertz CT molecular complexity index is 459. The average molecular weight is 251 g/mol. The molecule has 17 heavy (non-hydrogen) atoms. The van der Waals surface area contributed by atoms with Crippen LogP contribution in [0.2, 0.25) is 5.02 Å². The van der Waals surface area contributed by atoms with Crippen molar-refractivity contribution in [2.24, 2.45) is 0 Å². The van der Waals surface area contributed by atoms with E-state index in [1.165, 1.54) is 0 Å². The van der Waals surface area contributed by atoms with E-state index in [9.17, 15) is 0 Å². The van der Waals surface area contributed by atoms with Gasteiger partial charge in [0.1, 0.15) is 0 Å². The molecule has 2 nitrogen and oxygen atoms in total. The Morgan fingerprint density at radius 1 is 1.18 bits per heavy atom. The van der Waals surface area contributed by atoms with Gasteiger partial charge in [0, 0.05) is 25.7 Å². The summed E-state index contributed by atoms with van der Waals surface area (Å²) >= 11 is 6.19. The van der Waals surface area contributed by atoms with Crippen LogP contribution < -0.4 is 0 Å². The molecule has 0 fully saturated rings. The summed E-state index contributed by atoms with van der Waals surface area (Å²) in [6.45, 7) is 0. The van der Waals surface area contributed by atoms with Gasteiger partial charge in [0.05, 0.1) is 0 Å². The van der Waals surface area contributed by atoms with E-state index >= 15 is 0 Å². The maximum Gasteiger partial charge on any atom is 0.191 e. The molecule has 3 heteroatoms. The van der Waals surface area contributed by atoms with Gasteiger partial charge in [-0.2, -0.15) is 0 Å². The molecular weight excluding hydrogens is 236 g/mol. The Balaban J connectivity index is 2.33. The van der Waals surface area contributed by atoms with Crippen LogP contribution >= 0.6 is 11.6 Å². The summed E-state index contributed by atoms with van der Waals surface area (Å²) in [6, 6.07) is 7.79. The number of allylic oxidation sites excluding steroid dienone is 2. The van der Waals surface area contributed by atoms with Crippen molar-refractivity contribution >= 4 is 17.2 Å². The van der Waals surface area contributed by atoms with Gasteiger partial charge in [-0.15, -0.1) is 0 Å². The van der Waals surface area contributed by atoms with Crippen LogP contribution in [0.1, 0.15) is 12.0 Å². The normalized spacial score (nSPS) is 17.9. The second-order valence-corrected chi connectivity index (χ2v) is 4.33. The fraction of sp³-hybridized carbons (Fsp3) is 0.286. The zero-order chi connectivity index (χ0) is 12.3. The van der Waals surface area contributed by atoms with Gasteiger partial charge >= 0.3 is 0 Å². The van der Waals surface area contributed by atoms with Gasteiger partial charge in [0.2, 0.25) is 0 Å². The highest BCUT2D eigenvalue weighted by atomic mass is 35.5. The van der Waals surface area contributed by atoms with Crippen molar-refractivity contribution < 1.29 is 9.47 Å². The number of hydrogen-bond acceptors (Lipinski definition) is 2. The first-order valence-electron chi connectivity index (χ1n) is 5.44. The van der Waals surface area contributed by atoms with Crippen LogP contribution in [0.4, 0.5) is 0 Å². The van der Waals surface area contributed by atoms with Gasteiger partial charge in [0.15, 0.2) is 5.79 Å². The van der Waals surface area contributed by atoms with Crippen molar-refractivity contribution in [3.8, 4) is 0 Å². The third-order valence-electron chi connectivity index (χ3n) is 3.00. The van der Waals surface area contributed by atoms with Crippen LogP contribution in [-0.4, -0.2) is 20.0 Å². The molecule has 2 rings (SSSR count). The van der Waals surface area contributed by atoms with Gasteiger partial charge in [-0.25, -0.2) is 0 Å². The summed E-state index contributed by atoms with van der Waals surface area (Å²) in [7, 11) is 3.28. The molecule has 0 spiro atoms. The van der Waals surface area contributed by atoms with Gasteiger partial charge in [-0.05, 0) is 23.3 Å². The number of benzene rings is 1. The molecule has 0 saturated carbocycles. The first-order valence-corrected chi connectivity index (χ1v) is 5.82. The molecule has 0 amide bonds. The van der Waals surface area contributed by atoms with Crippen molar-refractivity contribution in [1.29, 1.82) is 0 Å². The van der Waals surface area contributed by atoms with Crippen LogP contribution in [0.25, 0.3) is 5.57 Å². The van der Waals surface area contributed by atoms with Crippen LogP contribution in [0.3, 0.4) is 0 Å². The van der Waals surface area contributed by atoms with Gasteiger partial charge < -0.3 is 9.47 Å². The number of ether oxygens (including phenoxy) is 2. The zero-order valence-electron chi connectivity index (χ0n) is 9.94. The van der Waals surface area contributed by atoms with Crippen molar-refractivity contribution in [1.82, 2.24) is 0 Å². The van der Waals surface area contributed by atoms with Crippen LogP contribution in [0, 0.1) is 0 Å². The monoisotopic (exact) mass is 250 g/mol. The first kappa shape index (κ1) is 12.4. The standard InChI is InChI=1S/C14H15ClO2/c1-16-14(17-2)9-5-6-11(10-14)12-7-3-4-8-13(12)15/h3-9H,10H2,1-2H3. The average Bonchev–Trinajstić information content (AvgIpc) is 2.39. The molecule has 0 radical (unpaired) electrons. The minimum absolute atomic E-state index is 0.653. The lowest BCUT2D eigenvalue weighted by Gasteiger charge is -2.31. The molecule has 0 N–H and O–H groups in total. The van der Waals surface area contributed by atoms with Crippen LogP contribution in [0.5, 0.6) is 0 Å². The molecule has 1 aliphatic rings. The van der Waals surface area contributed by atoms with Gasteiger partial charge in [-0.1, -0.05) is 42.0 Å². The Morgan fingerprint density at radius 3 is 2.53 bits per heavy atom. The molecule has 0 atom stereocenters. The fourth-order valence-electron chi connectivity index (χ4n) is 1.96. The summed E-state index contributed by atoms with van der Waals surface area (Å²) < 4.78 is 10.9. The number of hydrogen-bond donors (Lipinski definition) is 0. The lowest BCUT2D eigenvalue weighted by Crippen LogP contribution is -2.32. The summed E-state index contributed by atoms with van der Waals surface area (Å²) in [5.41, 5.74) is 2.14. The summed E-state index contributed by atoms with van der Waals surface area (Å²) in [6.07, 6.45) is 6.54. The maximum absolute atomic E-state index is 6.19. The van der Waals surface area contributed by atoms with Crippen molar-refractivity contribution in [3.63, 3.8) is 0 Å². The van der Waals surface area contributed by atoms with Gasteiger partial charge in [-0.3, -0.25) is 0 Å². The minimum Gasteiger partial charge on any atom is -0.349 e. The Labute approximate surface area is 106 Å². The molecule has 90 valence electrons. The van der Waals surface area contributed by atoms with Crippen molar-refractivity contribution in [3.05, 3.63) is 53.1 Å². The van der Waals surface area contributed by atoms with E-state index in [-0.39, 0.29) is 0 Å². The number of rotatable bonds is 3. The van der Waals surface area contributed by atoms with Crippen molar-refractivity contribution in [2.45, 2.75) is 12.2 Å². The molecule has 0 saturated heterocycles. The molecule has 1 aliphatic carbocycles. The maximum atomic E-state index is 6.19. The van der Waals surface area contributed by atoms with E-state index in [0.29, 0.717) is 6.42 Å². The number of halogens is 1. The molecule has 0 aliphatic heterocycles. The van der Waals surface area contributed by atoms with E-state index in [1.54, 1.807) is 14.2 Å². The Kier molecular flexibility index (Phi) is 3.67. The third-order valence-corrected chi connectivity index (χ3v) is 3.32. The second-order valence-electron chi connectivity index (χ2n) is 3.93. The van der Waals surface area contributed by atoms with Gasteiger partial charge in [0.25, 0.3) is 0 Å². The third kappa shape index (κ3) is 2.44. The van der Waals surface area contributed by atoms with E-state index in [2.05, 4.69) is 0 Å². The molecule has 0 unspecified atom stereocenters. The SMILES string of the molecule is COC1(OC)C=CC=C(c2ccccc2Cl)C1. The topological polar surface area (TPSA) is 18.5 Å². The highest BCUT2D eigenvalue weighted by Crippen LogP contribution is 2.35. The minimum atomic E-state index is -0.677. The molecule has 1 aromatic carbocycles. The van der Waals surface area contributed by atoms with Crippen LogP contribution in [0.15, 0.2) is 42.5 Å². The summed E-state index contributed by atoms with van der Waals surface area (Å²) in [5.74, 6) is -0.677. The predicted molar refractivity (Wildman–Crippen MR) is 69.9 cm³/mol. The fourth-order valence-corrected chi connectivity index (χ4v) is 2.22.